The van der Waals surface area contributed by atoms with Crippen LogP contribution in [-0.2, 0) is 4.74 Å². The third-order valence-corrected chi connectivity index (χ3v) is 4.94. The molecule has 2 rings (SSSR count). The van der Waals surface area contributed by atoms with Crippen molar-refractivity contribution in [2.24, 2.45) is 17.8 Å². The van der Waals surface area contributed by atoms with E-state index in [2.05, 4.69) is 20.8 Å². The third kappa shape index (κ3) is 3.03. The molecule has 1 saturated carbocycles. The van der Waals surface area contributed by atoms with Gasteiger partial charge in [-0.1, -0.05) is 33.6 Å². The molecule has 17 heavy (non-hydrogen) atoms. The van der Waals surface area contributed by atoms with Crippen molar-refractivity contribution in [3.8, 4) is 0 Å². The van der Waals surface area contributed by atoms with Crippen molar-refractivity contribution in [3.63, 3.8) is 0 Å². The molecule has 0 aromatic heterocycles. The average Bonchev–Trinajstić information content (AvgIpc) is 2.29. The van der Waals surface area contributed by atoms with Crippen molar-refractivity contribution in [2.75, 3.05) is 6.61 Å². The highest BCUT2D eigenvalue weighted by molar-refractivity contribution is 4.94. The molecule has 0 amide bonds. The molecule has 1 aliphatic carbocycles. The van der Waals surface area contributed by atoms with Crippen LogP contribution in [0.5, 0.6) is 0 Å². The monoisotopic (exact) mass is 240 g/mol. The lowest BCUT2D eigenvalue weighted by Crippen LogP contribution is -2.48. The summed E-state index contributed by atoms with van der Waals surface area (Å²) in [6.07, 6.45) is 6.96. The zero-order chi connectivity index (χ0) is 12.5. The molecular formula is C15H28O2. The Morgan fingerprint density at radius 2 is 1.82 bits per heavy atom. The summed E-state index contributed by atoms with van der Waals surface area (Å²) >= 11 is 0. The van der Waals surface area contributed by atoms with Crippen molar-refractivity contribution >= 4 is 0 Å². The Morgan fingerprint density at radius 3 is 2.41 bits per heavy atom. The lowest BCUT2D eigenvalue weighted by atomic mass is 9.69. The molecule has 2 heteroatoms. The first-order valence-electron chi connectivity index (χ1n) is 7.35. The molecule has 2 unspecified atom stereocenters. The Bertz CT molecular complexity index is 243. The van der Waals surface area contributed by atoms with Gasteiger partial charge in [0.1, 0.15) is 0 Å². The van der Waals surface area contributed by atoms with Gasteiger partial charge in [0.25, 0.3) is 0 Å². The zero-order valence-corrected chi connectivity index (χ0v) is 11.6. The zero-order valence-electron chi connectivity index (χ0n) is 11.6. The van der Waals surface area contributed by atoms with Gasteiger partial charge in [-0.05, 0) is 37.0 Å². The minimum Gasteiger partial charge on any atom is -0.389 e. The molecule has 2 atom stereocenters. The first-order chi connectivity index (χ1) is 8.01. The molecule has 1 aliphatic heterocycles. The maximum Gasteiger partial charge on any atom is 0.0722 e. The van der Waals surface area contributed by atoms with Crippen LogP contribution in [-0.4, -0.2) is 23.4 Å². The van der Waals surface area contributed by atoms with E-state index in [1.54, 1.807) is 0 Å². The van der Waals surface area contributed by atoms with E-state index in [4.69, 9.17) is 4.74 Å². The van der Waals surface area contributed by atoms with Crippen LogP contribution < -0.4 is 0 Å². The first-order valence-corrected chi connectivity index (χ1v) is 7.35. The van der Waals surface area contributed by atoms with Crippen LogP contribution in [0, 0.1) is 17.8 Å². The summed E-state index contributed by atoms with van der Waals surface area (Å²) in [5.41, 5.74) is -0.437. The van der Waals surface area contributed by atoms with Gasteiger partial charge in [-0.2, -0.15) is 0 Å². The minimum absolute atomic E-state index is 0.257. The number of hydrogen-bond acceptors (Lipinski definition) is 2. The van der Waals surface area contributed by atoms with Crippen molar-refractivity contribution < 1.29 is 9.84 Å². The SMILES string of the molecule is CC1CCC(C2(O)CCOC(C(C)C)C2)CC1. The van der Waals surface area contributed by atoms with Crippen molar-refractivity contribution in [1.29, 1.82) is 0 Å². The van der Waals surface area contributed by atoms with E-state index < -0.39 is 5.60 Å². The quantitative estimate of drug-likeness (QED) is 0.802. The number of aliphatic hydroxyl groups is 1. The van der Waals surface area contributed by atoms with Crippen molar-refractivity contribution in [2.45, 2.75) is 71.0 Å². The predicted octanol–water partition coefficient (Wildman–Crippen LogP) is 3.38. The Kier molecular flexibility index (Phi) is 4.14. The lowest BCUT2D eigenvalue weighted by Gasteiger charge is -2.45. The van der Waals surface area contributed by atoms with E-state index in [9.17, 15) is 5.11 Å². The number of rotatable bonds is 2. The molecule has 1 N–H and O–H groups in total. The molecule has 2 fully saturated rings. The lowest BCUT2D eigenvalue weighted by molar-refractivity contribution is -0.149. The standard InChI is InChI=1S/C15H28O2/c1-11(2)14-10-15(16,8-9-17-14)13-6-4-12(3)5-7-13/h11-14,16H,4-10H2,1-3H3. The molecule has 100 valence electrons. The molecule has 1 heterocycles. The van der Waals surface area contributed by atoms with Gasteiger partial charge in [0.15, 0.2) is 0 Å². The summed E-state index contributed by atoms with van der Waals surface area (Å²) in [7, 11) is 0. The topological polar surface area (TPSA) is 29.5 Å². The molecule has 1 saturated heterocycles. The highest BCUT2D eigenvalue weighted by atomic mass is 16.5. The number of ether oxygens (including phenoxy) is 1. The van der Waals surface area contributed by atoms with E-state index in [-0.39, 0.29) is 6.10 Å². The maximum absolute atomic E-state index is 10.9. The third-order valence-electron chi connectivity index (χ3n) is 4.94. The van der Waals surface area contributed by atoms with E-state index >= 15 is 0 Å². The van der Waals surface area contributed by atoms with Gasteiger partial charge in [0.05, 0.1) is 11.7 Å². The summed E-state index contributed by atoms with van der Waals surface area (Å²) in [5, 5.41) is 10.9. The molecular weight excluding hydrogens is 212 g/mol. The molecule has 2 aliphatic rings. The van der Waals surface area contributed by atoms with Gasteiger partial charge in [-0.25, -0.2) is 0 Å². The summed E-state index contributed by atoms with van der Waals surface area (Å²) in [6.45, 7) is 7.46. The fourth-order valence-corrected chi connectivity index (χ4v) is 3.49. The van der Waals surface area contributed by atoms with Gasteiger partial charge in [0.2, 0.25) is 0 Å². The summed E-state index contributed by atoms with van der Waals surface area (Å²) < 4.78 is 5.79. The second-order valence-electron chi connectivity index (χ2n) is 6.67. The van der Waals surface area contributed by atoms with Gasteiger partial charge in [0, 0.05) is 13.0 Å². The van der Waals surface area contributed by atoms with Crippen LogP contribution in [0.4, 0.5) is 0 Å². The van der Waals surface area contributed by atoms with E-state index in [0.29, 0.717) is 11.8 Å². The average molecular weight is 240 g/mol. The van der Waals surface area contributed by atoms with Gasteiger partial charge in [-0.3, -0.25) is 0 Å². The molecule has 0 aromatic rings. The summed E-state index contributed by atoms with van der Waals surface area (Å²) in [6, 6.07) is 0. The van der Waals surface area contributed by atoms with Gasteiger partial charge >= 0.3 is 0 Å². The van der Waals surface area contributed by atoms with Crippen LogP contribution in [0.25, 0.3) is 0 Å². The Hall–Kier alpha value is -0.0800. The van der Waals surface area contributed by atoms with Gasteiger partial charge < -0.3 is 9.84 Å². The van der Waals surface area contributed by atoms with Crippen LogP contribution >= 0.6 is 0 Å². The molecule has 0 radical (unpaired) electrons. The van der Waals surface area contributed by atoms with Crippen LogP contribution in [0.2, 0.25) is 0 Å². The smallest absolute Gasteiger partial charge is 0.0722 e. The normalized spacial score (nSPS) is 43.9. The summed E-state index contributed by atoms with van der Waals surface area (Å²) in [5.74, 6) is 1.89. The van der Waals surface area contributed by atoms with E-state index in [1.165, 1.54) is 25.7 Å². The highest BCUT2D eigenvalue weighted by Crippen LogP contribution is 2.42. The molecule has 0 bridgehead atoms. The van der Waals surface area contributed by atoms with Crippen molar-refractivity contribution in [1.82, 2.24) is 0 Å². The highest BCUT2D eigenvalue weighted by Gasteiger charge is 2.43. The molecule has 0 spiro atoms. The maximum atomic E-state index is 10.9. The molecule has 0 aromatic carbocycles. The fraction of sp³-hybridized carbons (Fsp3) is 1.00. The Labute approximate surface area is 106 Å². The van der Waals surface area contributed by atoms with Crippen molar-refractivity contribution in [3.05, 3.63) is 0 Å². The second kappa shape index (κ2) is 5.27. The van der Waals surface area contributed by atoms with Crippen LogP contribution in [0.15, 0.2) is 0 Å². The van der Waals surface area contributed by atoms with E-state index in [0.717, 1.165) is 25.4 Å². The second-order valence-corrected chi connectivity index (χ2v) is 6.67. The molecule has 2 nitrogen and oxygen atoms in total. The predicted molar refractivity (Wildman–Crippen MR) is 69.9 cm³/mol. The fourth-order valence-electron chi connectivity index (χ4n) is 3.49. The van der Waals surface area contributed by atoms with Crippen LogP contribution in [0.3, 0.4) is 0 Å². The van der Waals surface area contributed by atoms with Crippen LogP contribution in [0.1, 0.15) is 59.3 Å². The first kappa shape index (κ1) is 13.4. The Balaban J connectivity index is 1.97. The Morgan fingerprint density at radius 1 is 1.18 bits per heavy atom. The van der Waals surface area contributed by atoms with E-state index in [1.807, 2.05) is 0 Å². The number of hydrogen-bond donors (Lipinski definition) is 1. The van der Waals surface area contributed by atoms with Gasteiger partial charge in [-0.15, -0.1) is 0 Å². The minimum atomic E-state index is -0.437. The largest absolute Gasteiger partial charge is 0.389 e. The summed E-state index contributed by atoms with van der Waals surface area (Å²) in [4.78, 5) is 0.